The molecular formula is C25H23FN4O2. The molecule has 32 heavy (non-hydrogen) atoms. The van der Waals surface area contributed by atoms with Gasteiger partial charge < -0.3 is 4.90 Å². The van der Waals surface area contributed by atoms with Crippen molar-refractivity contribution < 1.29 is 14.0 Å². The molecule has 1 atom stereocenters. The highest BCUT2D eigenvalue weighted by Gasteiger charge is 2.31. The summed E-state index contributed by atoms with van der Waals surface area (Å²) < 4.78 is 15.9. The highest BCUT2D eigenvalue weighted by molar-refractivity contribution is 6.15. The fraction of sp³-hybridized carbons (Fsp3) is 0.280. The molecule has 1 amide bonds. The maximum atomic E-state index is 14.1. The van der Waals surface area contributed by atoms with E-state index in [4.69, 9.17) is 4.99 Å². The predicted molar refractivity (Wildman–Crippen MR) is 119 cm³/mol. The molecule has 0 radical (unpaired) electrons. The molecule has 3 heterocycles. The average molecular weight is 430 g/mol. The Bertz CT molecular complexity index is 1200. The number of fused-ring (bicyclic) bond motifs is 1. The normalized spacial score (nSPS) is 18.3. The summed E-state index contributed by atoms with van der Waals surface area (Å²) in [6.07, 6.45) is 3.71. The molecule has 1 aromatic heterocycles. The molecule has 5 rings (SSSR count). The molecule has 0 aliphatic carbocycles. The van der Waals surface area contributed by atoms with E-state index in [1.807, 2.05) is 35.2 Å². The Labute approximate surface area is 185 Å². The van der Waals surface area contributed by atoms with Gasteiger partial charge in [-0.15, -0.1) is 0 Å². The van der Waals surface area contributed by atoms with Crippen molar-refractivity contribution in [2.45, 2.75) is 31.7 Å². The topological polar surface area (TPSA) is 67.6 Å². The van der Waals surface area contributed by atoms with Gasteiger partial charge in [-0.25, -0.2) is 14.1 Å². The third-order valence-electron chi connectivity index (χ3n) is 6.10. The van der Waals surface area contributed by atoms with E-state index in [9.17, 15) is 14.0 Å². The SMILES string of the molecule is O=C1CC(Cc2ccccc2F)=Nc2c1cnn2C1CCCN(C(=O)c2ccccc2)C1. The number of nitrogens with zero attached hydrogens (tertiary/aromatic N) is 4. The number of carbonyl (C=O) groups is 2. The highest BCUT2D eigenvalue weighted by Crippen LogP contribution is 2.33. The van der Waals surface area contributed by atoms with E-state index in [0.717, 1.165) is 12.8 Å². The lowest BCUT2D eigenvalue weighted by atomic mass is 9.98. The van der Waals surface area contributed by atoms with Crippen LogP contribution in [0.5, 0.6) is 0 Å². The Kier molecular flexibility index (Phi) is 5.39. The number of carbonyl (C=O) groups excluding carboxylic acids is 2. The summed E-state index contributed by atoms with van der Waals surface area (Å²) in [4.78, 5) is 32.2. The maximum Gasteiger partial charge on any atom is 0.253 e. The first kappa shape index (κ1) is 20.3. The van der Waals surface area contributed by atoms with Gasteiger partial charge in [-0.1, -0.05) is 36.4 Å². The van der Waals surface area contributed by atoms with E-state index < -0.39 is 0 Å². The monoisotopic (exact) mass is 430 g/mol. The van der Waals surface area contributed by atoms with Gasteiger partial charge in [0.15, 0.2) is 11.6 Å². The Morgan fingerprint density at radius 3 is 2.69 bits per heavy atom. The first-order valence-electron chi connectivity index (χ1n) is 10.8. The molecule has 0 spiro atoms. The second-order valence-corrected chi connectivity index (χ2v) is 8.29. The minimum atomic E-state index is -0.302. The van der Waals surface area contributed by atoms with Gasteiger partial charge in [0.05, 0.1) is 24.2 Å². The minimum Gasteiger partial charge on any atom is -0.337 e. The summed E-state index contributed by atoms with van der Waals surface area (Å²) in [5.74, 6) is 0.160. The number of ketones is 1. The molecule has 1 saturated heterocycles. The number of hydrogen-bond acceptors (Lipinski definition) is 4. The fourth-order valence-electron chi connectivity index (χ4n) is 4.47. The first-order chi connectivity index (χ1) is 15.6. The largest absolute Gasteiger partial charge is 0.337 e. The molecule has 162 valence electrons. The van der Waals surface area contributed by atoms with Gasteiger partial charge in [0.1, 0.15) is 5.82 Å². The Morgan fingerprint density at radius 1 is 1.09 bits per heavy atom. The standard InChI is InChI=1S/C25H23FN4O2/c26-22-11-5-4-9-18(22)13-19-14-23(31)21-15-27-30(24(21)28-19)20-10-6-12-29(16-20)25(32)17-7-2-1-3-8-17/h1-5,7-9,11,15,20H,6,10,12-14,16H2. The third-order valence-corrected chi connectivity index (χ3v) is 6.10. The molecule has 7 heteroatoms. The number of halogens is 1. The van der Waals surface area contributed by atoms with Gasteiger partial charge in [-0.05, 0) is 36.6 Å². The molecule has 0 bridgehead atoms. The number of rotatable bonds is 4. The quantitative estimate of drug-likeness (QED) is 0.616. The molecule has 6 nitrogen and oxygen atoms in total. The molecule has 2 aliphatic heterocycles. The number of aliphatic imine (C=N–C) groups is 1. The van der Waals surface area contributed by atoms with Crippen LogP contribution in [0.15, 0.2) is 65.8 Å². The Balaban J connectivity index is 1.40. The van der Waals surface area contributed by atoms with Gasteiger partial charge >= 0.3 is 0 Å². The van der Waals surface area contributed by atoms with Gasteiger partial charge in [0.2, 0.25) is 0 Å². The van der Waals surface area contributed by atoms with E-state index in [2.05, 4.69) is 5.10 Å². The lowest BCUT2D eigenvalue weighted by Gasteiger charge is -2.33. The summed E-state index contributed by atoms with van der Waals surface area (Å²) in [5, 5.41) is 4.47. The summed E-state index contributed by atoms with van der Waals surface area (Å²) >= 11 is 0. The predicted octanol–water partition coefficient (Wildman–Crippen LogP) is 4.40. The summed E-state index contributed by atoms with van der Waals surface area (Å²) in [7, 11) is 0. The molecule has 1 fully saturated rings. The molecule has 0 saturated carbocycles. The molecule has 2 aliphatic rings. The van der Waals surface area contributed by atoms with Crippen molar-refractivity contribution in [1.82, 2.24) is 14.7 Å². The second kappa shape index (κ2) is 8.49. The number of benzene rings is 2. The number of aromatic nitrogens is 2. The number of Topliss-reactive ketones (excluding diaryl/α,β-unsaturated/α-hetero) is 1. The zero-order chi connectivity index (χ0) is 22.1. The third kappa shape index (κ3) is 3.86. The van der Waals surface area contributed by atoms with Crippen molar-refractivity contribution >= 4 is 23.2 Å². The summed E-state index contributed by atoms with van der Waals surface area (Å²) in [6, 6.07) is 15.7. The van der Waals surface area contributed by atoms with Crippen molar-refractivity contribution in [1.29, 1.82) is 0 Å². The van der Waals surface area contributed by atoms with Gasteiger partial charge in [-0.3, -0.25) is 9.59 Å². The molecule has 3 aromatic rings. The van der Waals surface area contributed by atoms with Crippen LogP contribution in [0.2, 0.25) is 0 Å². The van der Waals surface area contributed by atoms with E-state index in [-0.39, 0.29) is 36.4 Å². The number of amides is 1. The van der Waals surface area contributed by atoms with Crippen LogP contribution in [0.25, 0.3) is 0 Å². The molecular weight excluding hydrogens is 407 g/mol. The van der Waals surface area contributed by atoms with Crippen LogP contribution in [0, 0.1) is 5.82 Å². The Hall–Kier alpha value is -3.61. The average Bonchev–Trinajstić information content (AvgIpc) is 3.25. The fourth-order valence-corrected chi connectivity index (χ4v) is 4.47. The van der Waals surface area contributed by atoms with Crippen LogP contribution in [0.1, 0.15) is 51.6 Å². The second-order valence-electron chi connectivity index (χ2n) is 8.29. The van der Waals surface area contributed by atoms with E-state index in [1.54, 1.807) is 29.1 Å². The van der Waals surface area contributed by atoms with Crippen LogP contribution < -0.4 is 0 Å². The van der Waals surface area contributed by atoms with Gasteiger partial charge in [-0.2, -0.15) is 5.10 Å². The Morgan fingerprint density at radius 2 is 1.88 bits per heavy atom. The highest BCUT2D eigenvalue weighted by atomic mass is 19.1. The molecule has 2 aromatic carbocycles. The lowest BCUT2D eigenvalue weighted by molar-refractivity contribution is 0.0673. The van der Waals surface area contributed by atoms with Crippen molar-refractivity contribution in [3.63, 3.8) is 0 Å². The van der Waals surface area contributed by atoms with Crippen LogP contribution >= 0.6 is 0 Å². The van der Waals surface area contributed by atoms with E-state index in [0.29, 0.717) is 41.3 Å². The lowest BCUT2D eigenvalue weighted by Crippen LogP contribution is -2.41. The number of hydrogen-bond donors (Lipinski definition) is 0. The molecule has 0 N–H and O–H groups in total. The summed E-state index contributed by atoms with van der Waals surface area (Å²) in [6.45, 7) is 1.20. The smallest absolute Gasteiger partial charge is 0.253 e. The first-order valence-corrected chi connectivity index (χ1v) is 10.8. The van der Waals surface area contributed by atoms with Gasteiger partial charge in [0.25, 0.3) is 5.91 Å². The number of piperidine rings is 1. The van der Waals surface area contributed by atoms with E-state index >= 15 is 0 Å². The van der Waals surface area contributed by atoms with Gasteiger partial charge in [0, 0.05) is 30.8 Å². The minimum absolute atomic E-state index is 0.00357. The van der Waals surface area contributed by atoms with Crippen LogP contribution in [0.3, 0.4) is 0 Å². The maximum absolute atomic E-state index is 14.1. The van der Waals surface area contributed by atoms with Crippen molar-refractivity contribution in [3.05, 3.63) is 83.3 Å². The van der Waals surface area contributed by atoms with Crippen molar-refractivity contribution in [3.8, 4) is 0 Å². The zero-order valence-corrected chi connectivity index (χ0v) is 17.6. The van der Waals surface area contributed by atoms with Crippen molar-refractivity contribution in [2.75, 3.05) is 13.1 Å². The van der Waals surface area contributed by atoms with E-state index in [1.165, 1.54) is 6.07 Å². The molecule has 1 unspecified atom stereocenters. The summed E-state index contributed by atoms with van der Waals surface area (Å²) in [5.41, 5.74) is 2.30. The van der Waals surface area contributed by atoms with Crippen LogP contribution in [-0.2, 0) is 6.42 Å². The van der Waals surface area contributed by atoms with Crippen molar-refractivity contribution in [2.24, 2.45) is 4.99 Å². The van der Waals surface area contributed by atoms with Crippen LogP contribution in [0.4, 0.5) is 10.2 Å². The van der Waals surface area contributed by atoms with Crippen LogP contribution in [-0.4, -0.2) is 45.2 Å². The zero-order valence-electron chi connectivity index (χ0n) is 17.6. The number of likely N-dealkylation sites (tertiary alicyclic amines) is 1.